The van der Waals surface area contributed by atoms with Crippen molar-refractivity contribution in [2.75, 3.05) is 0 Å². The van der Waals surface area contributed by atoms with Crippen molar-refractivity contribution >= 4 is 16.8 Å². The molecule has 0 saturated heterocycles. The maximum absolute atomic E-state index is 11.8. The molecule has 19 heavy (non-hydrogen) atoms. The van der Waals surface area contributed by atoms with Gasteiger partial charge >= 0.3 is 5.63 Å². The summed E-state index contributed by atoms with van der Waals surface area (Å²) in [5.74, 6) is -0.630. The number of carbonyl (C=O) groups is 1. The van der Waals surface area contributed by atoms with Crippen LogP contribution in [0.4, 0.5) is 0 Å². The quantitative estimate of drug-likeness (QED) is 0.665. The van der Waals surface area contributed by atoms with Gasteiger partial charge in [-0.3, -0.25) is 4.79 Å². The number of aromatic hydroxyl groups is 1. The van der Waals surface area contributed by atoms with Gasteiger partial charge in [0, 0.05) is 0 Å². The second-order valence-electron chi connectivity index (χ2n) is 5.00. The summed E-state index contributed by atoms with van der Waals surface area (Å²) in [5, 5.41) is 10.6. The van der Waals surface area contributed by atoms with E-state index in [0.717, 1.165) is 11.1 Å². The standard InChI is InChI=1S/C15H16O4/c1-7(2)10-6-5-8(3)11-13(17)12(9(4)16)15(18)19-14(10)11/h5-7,17H,1-4H3. The van der Waals surface area contributed by atoms with Gasteiger partial charge in [0.25, 0.3) is 0 Å². The Balaban J connectivity index is 3.03. The average Bonchev–Trinajstić information content (AvgIpc) is 2.27. The molecule has 0 atom stereocenters. The van der Waals surface area contributed by atoms with Crippen molar-refractivity contribution in [3.8, 4) is 5.75 Å². The number of ketones is 1. The summed E-state index contributed by atoms with van der Waals surface area (Å²) >= 11 is 0. The Labute approximate surface area is 110 Å². The third-order valence-corrected chi connectivity index (χ3v) is 3.24. The van der Waals surface area contributed by atoms with Gasteiger partial charge < -0.3 is 9.52 Å². The monoisotopic (exact) mass is 260 g/mol. The smallest absolute Gasteiger partial charge is 0.351 e. The number of carbonyl (C=O) groups excluding carboxylic acids is 1. The maximum atomic E-state index is 11.8. The van der Waals surface area contributed by atoms with Crippen LogP contribution in [0.5, 0.6) is 5.75 Å². The zero-order valence-corrected chi connectivity index (χ0v) is 11.4. The highest BCUT2D eigenvalue weighted by molar-refractivity contribution is 6.02. The third kappa shape index (κ3) is 2.03. The van der Waals surface area contributed by atoms with Crippen LogP contribution in [0, 0.1) is 6.92 Å². The first-order chi connectivity index (χ1) is 8.84. The molecule has 1 aromatic heterocycles. The summed E-state index contributed by atoms with van der Waals surface area (Å²) in [6, 6.07) is 3.72. The fraction of sp³-hybridized carbons (Fsp3) is 0.333. The first kappa shape index (κ1) is 13.3. The molecule has 0 amide bonds. The highest BCUT2D eigenvalue weighted by atomic mass is 16.4. The normalized spacial score (nSPS) is 11.2. The Kier molecular flexibility index (Phi) is 3.18. The van der Waals surface area contributed by atoms with Crippen LogP contribution in [-0.2, 0) is 0 Å². The minimum absolute atomic E-state index is 0.147. The number of hydrogen-bond acceptors (Lipinski definition) is 4. The number of Topliss-reactive ketones (excluding diaryl/α,β-unsaturated/α-hetero) is 1. The summed E-state index contributed by atoms with van der Waals surface area (Å²) in [6.07, 6.45) is 0. The van der Waals surface area contributed by atoms with E-state index in [1.807, 2.05) is 26.0 Å². The van der Waals surface area contributed by atoms with Crippen molar-refractivity contribution < 1.29 is 14.3 Å². The van der Waals surface area contributed by atoms with Crippen LogP contribution < -0.4 is 5.63 Å². The molecule has 0 fully saturated rings. The summed E-state index contributed by atoms with van der Waals surface area (Å²) < 4.78 is 5.27. The summed E-state index contributed by atoms with van der Waals surface area (Å²) in [7, 11) is 0. The fourth-order valence-electron chi connectivity index (χ4n) is 2.23. The Morgan fingerprint density at radius 2 is 1.95 bits per heavy atom. The lowest BCUT2D eigenvalue weighted by atomic mass is 9.96. The van der Waals surface area contributed by atoms with Crippen molar-refractivity contribution in [2.45, 2.75) is 33.6 Å². The topological polar surface area (TPSA) is 67.5 Å². The molecule has 0 aliphatic rings. The predicted octanol–water partition coefficient (Wildman–Crippen LogP) is 3.13. The van der Waals surface area contributed by atoms with Crippen LogP contribution in [0.1, 0.15) is 48.2 Å². The number of hydrogen-bond donors (Lipinski definition) is 1. The summed E-state index contributed by atoms with van der Waals surface area (Å²) in [5.41, 5.74) is 0.898. The highest BCUT2D eigenvalue weighted by Crippen LogP contribution is 2.34. The Morgan fingerprint density at radius 1 is 1.32 bits per heavy atom. The number of rotatable bonds is 2. The number of benzene rings is 1. The van der Waals surface area contributed by atoms with Crippen LogP contribution in [0.15, 0.2) is 21.3 Å². The molecule has 2 rings (SSSR count). The zero-order chi connectivity index (χ0) is 14.3. The Bertz CT molecular complexity index is 723. The molecule has 4 heteroatoms. The van der Waals surface area contributed by atoms with Crippen molar-refractivity contribution in [2.24, 2.45) is 0 Å². The molecule has 2 aromatic rings. The summed E-state index contributed by atoms with van der Waals surface area (Å²) in [6.45, 7) is 6.98. The first-order valence-corrected chi connectivity index (χ1v) is 6.14. The van der Waals surface area contributed by atoms with E-state index in [2.05, 4.69) is 0 Å². The van der Waals surface area contributed by atoms with Gasteiger partial charge in [-0.25, -0.2) is 4.79 Å². The molecule has 0 aliphatic heterocycles. The molecule has 0 spiro atoms. The predicted molar refractivity (Wildman–Crippen MR) is 73.0 cm³/mol. The molecule has 0 radical (unpaired) electrons. The molecule has 0 aliphatic carbocycles. The lowest BCUT2D eigenvalue weighted by Gasteiger charge is -2.12. The van der Waals surface area contributed by atoms with Crippen LogP contribution in [0.2, 0.25) is 0 Å². The third-order valence-electron chi connectivity index (χ3n) is 3.24. The maximum Gasteiger partial charge on any atom is 0.351 e. The van der Waals surface area contributed by atoms with Crippen LogP contribution >= 0.6 is 0 Å². The largest absolute Gasteiger partial charge is 0.506 e. The van der Waals surface area contributed by atoms with Gasteiger partial charge in [-0.2, -0.15) is 0 Å². The highest BCUT2D eigenvalue weighted by Gasteiger charge is 2.21. The molecule has 0 saturated carbocycles. The van der Waals surface area contributed by atoms with Crippen LogP contribution in [0.3, 0.4) is 0 Å². The minimum Gasteiger partial charge on any atom is -0.506 e. The lowest BCUT2D eigenvalue weighted by molar-refractivity contribution is 0.101. The Morgan fingerprint density at radius 3 is 2.47 bits per heavy atom. The van der Waals surface area contributed by atoms with E-state index in [-0.39, 0.29) is 17.2 Å². The van der Waals surface area contributed by atoms with Crippen LogP contribution in [-0.4, -0.2) is 10.9 Å². The van der Waals surface area contributed by atoms with Gasteiger partial charge in [-0.05, 0) is 30.9 Å². The van der Waals surface area contributed by atoms with Crippen molar-refractivity contribution in [1.29, 1.82) is 0 Å². The molecular weight excluding hydrogens is 244 g/mol. The second-order valence-corrected chi connectivity index (χ2v) is 5.00. The van der Waals surface area contributed by atoms with Gasteiger partial charge in [0.2, 0.25) is 0 Å². The number of fused-ring (bicyclic) bond motifs is 1. The van der Waals surface area contributed by atoms with E-state index >= 15 is 0 Å². The lowest BCUT2D eigenvalue weighted by Crippen LogP contribution is -2.13. The molecule has 100 valence electrons. The van der Waals surface area contributed by atoms with Gasteiger partial charge in [-0.15, -0.1) is 0 Å². The number of aryl methyl sites for hydroxylation is 1. The molecular formula is C15H16O4. The van der Waals surface area contributed by atoms with E-state index < -0.39 is 11.4 Å². The molecule has 1 aromatic carbocycles. The second kappa shape index (κ2) is 4.53. The van der Waals surface area contributed by atoms with Gasteiger partial charge in [0.1, 0.15) is 16.9 Å². The van der Waals surface area contributed by atoms with E-state index in [9.17, 15) is 14.7 Å². The van der Waals surface area contributed by atoms with Crippen molar-refractivity contribution in [3.05, 3.63) is 39.2 Å². The van der Waals surface area contributed by atoms with E-state index in [1.165, 1.54) is 6.92 Å². The molecule has 1 N–H and O–H groups in total. The Hall–Kier alpha value is -2.10. The van der Waals surface area contributed by atoms with E-state index in [4.69, 9.17) is 4.42 Å². The van der Waals surface area contributed by atoms with Gasteiger partial charge in [0.15, 0.2) is 5.78 Å². The molecule has 1 heterocycles. The van der Waals surface area contributed by atoms with Gasteiger partial charge in [-0.1, -0.05) is 26.0 Å². The van der Waals surface area contributed by atoms with Crippen LogP contribution in [0.25, 0.3) is 11.0 Å². The molecule has 0 unspecified atom stereocenters. The fourth-order valence-corrected chi connectivity index (χ4v) is 2.23. The van der Waals surface area contributed by atoms with E-state index in [1.54, 1.807) is 6.92 Å². The molecule has 4 nitrogen and oxygen atoms in total. The summed E-state index contributed by atoms with van der Waals surface area (Å²) in [4.78, 5) is 23.3. The van der Waals surface area contributed by atoms with Gasteiger partial charge in [0.05, 0.1) is 5.39 Å². The first-order valence-electron chi connectivity index (χ1n) is 6.14. The molecule has 0 bridgehead atoms. The van der Waals surface area contributed by atoms with Crippen molar-refractivity contribution in [1.82, 2.24) is 0 Å². The average molecular weight is 260 g/mol. The van der Waals surface area contributed by atoms with E-state index in [0.29, 0.717) is 11.0 Å². The minimum atomic E-state index is -0.787. The zero-order valence-electron chi connectivity index (χ0n) is 11.4. The SMILES string of the molecule is CC(=O)c1c(O)c2c(C)ccc(C(C)C)c2oc1=O. The van der Waals surface area contributed by atoms with Crippen molar-refractivity contribution in [3.63, 3.8) is 0 Å².